The summed E-state index contributed by atoms with van der Waals surface area (Å²) < 4.78 is 0. The number of amides is 1. The van der Waals surface area contributed by atoms with Gasteiger partial charge < -0.3 is 10.4 Å². The number of carbonyl (C=O) groups is 1. The maximum Gasteiger partial charge on any atom is 0.229 e. The molecule has 1 aromatic rings. The molecule has 5 saturated carbocycles. The lowest BCUT2D eigenvalue weighted by atomic mass is 9.47. The van der Waals surface area contributed by atoms with Crippen LogP contribution in [0.2, 0.25) is 0 Å². The Hall–Kier alpha value is -1.93. The summed E-state index contributed by atoms with van der Waals surface area (Å²) in [7, 11) is 0. The van der Waals surface area contributed by atoms with E-state index in [2.05, 4.69) is 37.1 Å². The number of rotatable bonds is 4. The molecule has 1 amide bonds. The fraction of sp³-hybridized carbons (Fsp3) is 0.767. The number of fused-ring (bicyclic) bond motifs is 7. The molecule has 1 heterocycles. The fourth-order valence-corrected chi connectivity index (χ4v) is 10.3. The lowest BCUT2D eigenvalue weighted by molar-refractivity contribution is -0.135. The zero-order valence-corrected chi connectivity index (χ0v) is 21.5. The normalized spacial score (nSPS) is 47.5. The molecule has 2 N–H and O–H groups in total. The van der Waals surface area contributed by atoms with Crippen LogP contribution in [0.5, 0.6) is 0 Å². The molecule has 5 heteroatoms. The van der Waals surface area contributed by atoms with E-state index in [4.69, 9.17) is 5.26 Å². The van der Waals surface area contributed by atoms with Crippen LogP contribution < -0.4 is 5.32 Å². The number of anilines is 1. The van der Waals surface area contributed by atoms with Gasteiger partial charge in [-0.05, 0) is 116 Å². The predicted molar refractivity (Wildman–Crippen MR) is 135 cm³/mol. The standard InChI is InChI=1S/C30H41N3O2/c1-4-11-30(35)13-10-20-19(14-30)6-7-22-21(20)9-12-29(3)26(22)24-17(2)25(24)27(29)28(34)33-23-8-5-18(15-31)16-32-23/h5,8,16-17,19-22,24-27,35H,4,6-7,9-14H2,1-3H3,(H,32,33,34)/t17-,19+,20-,21+,22+,24+,25-,26+,27+,29-,30+/m0/s1. The molecule has 0 spiro atoms. The van der Waals surface area contributed by atoms with E-state index < -0.39 is 5.60 Å². The number of carbonyl (C=O) groups excluding carboxylic acids is 1. The number of nitrogens with one attached hydrogen (secondary N) is 1. The second-order valence-electron chi connectivity index (χ2n) is 13.1. The van der Waals surface area contributed by atoms with Gasteiger partial charge in [0.2, 0.25) is 5.91 Å². The van der Waals surface area contributed by atoms with Gasteiger partial charge in [0.1, 0.15) is 11.9 Å². The molecule has 188 valence electrons. The minimum atomic E-state index is -0.419. The molecule has 0 saturated heterocycles. The van der Waals surface area contributed by atoms with Crippen molar-refractivity contribution >= 4 is 11.7 Å². The van der Waals surface area contributed by atoms with Crippen molar-refractivity contribution in [1.29, 1.82) is 5.26 Å². The summed E-state index contributed by atoms with van der Waals surface area (Å²) in [4.78, 5) is 18.0. The van der Waals surface area contributed by atoms with Crippen LogP contribution in [0.1, 0.15) is 84.1 Å². The van der Waals surface area contributed by atoms with E-state index in [0.29, 0.717) is 41.0 Å². The molecule has 0 aromatic carbocycles. The smallest absolute Gasteiger partial charge is 0.229 e. The van der Waals surface area contributed by atoms with Gasteiger partial charge in [-0.25, -0.2) is 4.98 Å². The van der Waals surface area contributed by atoms with Crippen molar-refractivity contribution in [2.75, 3.05) is 5.32 Å². The molecule has 6 rings (SSSR count). The summed E-state index contributed by atoms with van der Waals surface area (Å²) in [6.07, 6.45) is 11.7. The zero-order valence-electron chi connectivity index (χ0n) is 21.5. The third kappa shape index (κ3) is 3.57. The van der Waals surface area contributed by atoms with Gasteiger partial charge >= 0.3 is 0 Å². The van der Waals surface area contributed by atoms with Crippen LogP contribution in [-0.2, 0) is 4.79 Å². The minimum Gasteiger partial charge on any atom is -0.390 e. The molecule has 0 aliphatic heterocycles. The maximum absolute atomic E-state index is 13.7. The van der Waals surface area contributed by atoms with Crippen LogP contribution >= 0.6 is 0 Å². The number of aromatic nitrogens is 1. The van der Waals surface area contributed by atoms with E-state index >= 15 is 0 Å². The molecule has 5 aliphatic rings. The molecule has 11 atom stereocenters. The monoisotopic (exact) mass is 475 g/mol. The van der Waals surface area contributed by atoms with Gasteiger partial charge in [0, 0.05) is 12.1 Å². The van der Waals surface area contributed by atoms with Crippen LogP contribution in [0, 0.1) is 70.0 Å². The highest BCUT2D eigenvalue weighted by atomic mass is 16.3. The molecule has 35 heavy (non-hydrogen) atoms. The number of hydrogen-bond acceptors (Lipinski definition) is 4. The van der Waals surface area contributed by atoms with Gasteiger partial charge in [-0.3, -0.25) is 4.79 Å². The Balaban J connectivity index is 1.21. The zero-order chi connectivity index (χ0) is 24.5. The van der Waals surface area contributed by atoms with E-state index in [1.807, 2.05) is 0 Å². The topological polar surface area (TPSA) is 86.0 Å². The van der Waals surface area contributed by atoms with E-state index in [1.165, 1.54) is 31.9 Å². The predicted octanol–water partition coefficient (Wildman–Crippen LogP) is 5.79. The third-order valence-electron chi connectivity index (χ3n) is 11.6. The van der Waals surface area contributed by atoms with E-state index in [0.717, 1.165) is 49.9 Å². The summed E-state index contributed by atoms with van der Waals surface area (Å²) in [6, 6.07) is 5.57. The highest BCUT2D eigenvalue weighted by Crippen LogP contribution is 2.76. The van der Waals surface area contributed by atoms with Crippen molar-refractivity contribution in [2.24, 2.45) is 58.7 Å². The molecular formula is C30H41N3O2. The number of pyridine rings is 1. The average molecular weight is 476 g/mol. The van der Waals surface area contributed by atoms with Gasteiger partial charge in [-0.15, -0.1) is 0 Å². The Bertz CT molecular complexity index is 1030. The number of nitrogens with zero attached hydrogens (tertiary/aromatic N) is 2. The first-order chi connectivity index (χ1) is 16.8. The quantitative estimate of drug-likeness (QED) is 0.577. The van der Waals surface area contributed by atoms with Crippen molar-refractivity contribution in [3.8, 4) is 6.07 Å². The first-order valence-corrected chi connectivity index (χ1v) is 14.2. The maximum atomic E-state index is 13.7. The van der Waals surface area contributed by atoms with Gasteiger partial charge in [-0.1, -0.05) is 27.2 Å². The Morgan fingerprint density at radius 3 is 2.69 bits per heavy atom. The largest absolute Gasteiger partial charge is 0.390 e. The molecule has 5 fully saturated rings. The second-order valence-corrected chi connectivity index (χ2v) is 13.1. The van der Waals surface area contributed by atoms with Gasteiger partial charge in [0.15, 0.2) is 0 Å². The molecule has 0 unspecified atom stereocenters. The first-order valence-electron chi connectivity index (χ1n) is 14.2. The molecule has 5 aliphatic carbocycles. The van der Waals surface area contributed by atoms with E-state index in [9.17, 15) is 9.90 Å². The van der Waals surface area contributed by atoms with Gasteiger partial charge in [0.25, 0.3) is 0 Å². The molecule has 0 radical (unpaired) electrons. The molecule has 1 aromatic heterocycles. The van der Waals surface area contributed by atoms with Crippen LogP contribution in [0.15, 0.2) is 18.3 Å². The van der Waals surface area contributed by atoms with E-state index in [-0.39, 0.29) is 17.2 Å². The molecular weight excluding hydrogens is 434 g/mol. The van der Waals surface area contributed by atoms with Crippen molar-refractivity contribution in [3.05, 3.63) is 23.9 Å². The Morgan fingerprint density at radius 2 is 1.97 bits per heavy atom. The third-order valence-corrected chi connectivity index (χ3v) is 11.6. The number of aliphatic hydroxyl groups is 1. The van der Waals surface area contributed by atoms with Crippen molar-refractivity contribution in [3.63, 3.8) is 0 Å². The highest BCUT2D eigenvalue weighted by Gasteiger charge is 2.74. The van der Waals surface area contributed by atoms with E-state index in [1.54, 1.807) is 12.1 Å². The number of hydrogen-bond donors (Lipinski definition) is 2. The average Bonchev–Trinajstić information content (AvgIpc) is 3.36. The summed E-state index contributed by atoms with van der Waals surface area (Å²) in [5.74, 6) is 6.24. The fourth-order valence-electron chi connectivity index (χ4n) is 10.3. The number of nitriles is 1. The summed E-state index contributed by atoms with van der Waals surface area (Å²) in [5, 5.41) is 23.3. The second kappa shape index (κ2) is 8.30. The Labute approximate surface area is 210 Å². The van der Waals surface area contributed by atoms with Crippen molar-refractivity contribution in [2.45, 2.75) is 84.2 Å². The van der Waals surface area contributed by atoms with Crippen molar-refractivity contribution in [1.82, 2.24) is 4.98 Å². The van der Waals surface area contributed by atoms with Crippen LogP contribution in [0.3, 0.4) is 0 Å². The van der Waals surface area contributed by atoms with Gasteiger partial charge in [0.05, 0.1) is 11.2 Å². The summed E-state index contributed by atoms with van der Waals surface area (Å²) in [5.41, 5.74) is 0.166. The Morgan fingerprint density at radius 1 is 1.17 bits per heavy atom. The first kappa shape index (κ1) is 23.5. The van der Waals surface area contributed by atoms with Crippen LogP contribution in [0.25, 0.3) is 0 Å². The Kier molecular flexibility index (Phi) is 5.57. The lowest BCUT2D eigenvalue weighted by Crippen LogP contribution is -2.53. The minimum absolute atomic E-state index is 0.0598. The molecule has 0 bridgehead atoms. The van der Waals surface area contributed by atoms with Gasteiger partial charge in [-0.2, -0.15) is 5.26 Å². The van der Waals surface area contributed by atoms with Crippen LogP contribution in [0.4, 0.5) is 5.82 Å². The lowest BCUT2D eigenvalue weighted by Gasteiger charge is -2.58. The highest BCUT2D eigenvalue weighted by molar-refractivity contribution is 5.93. The summed E-state index contributed by atoms with van der Waals surface area (Å²) >= 11 is 0. The van der Waals surface area contributed by atoms with Crippen LogP contribution in [-0.4, -0.2) is 21.6 Å². The summed E-state index contributed by atoms with van der Waals surface area (Å²) in [6.45, 7) is 6.99. The molecule has 5 nitrogen and oxygen atoms in total. The SMILES string of the molecule is CCC[C@@]1(O)CC[C@H]2[C@H](CC[C@@H]3[C@@H]2CC[C@@]2(C)[C@H]3[C@@H]3[C@H](C)[C@@H]3[C@@H]2C(=O)Nc2ccc(C#N)cn2)C1. The van der Waals surface area contributed by atoms with Crippen molar-refractivity contribution < 1.29 is 9.90 Å².